The molecule has 30 heavy (non-hydrogen) atoms. The molecule has 0 spiro atoms. The number of anilines is 1. The number of aliphatic imine (C=N–C) groups is 1. The SMILES string of the molecule is CN=C(NCC(=O)N1CCCc2ccccc21)N(C)Cc1ccc(OC)cc1OC. The van der Waals surface area contributed by atoms with Crippen molar-refractivity contribution in [2.45, 2.75) is 19.4 Å². The Kier molecular flexibility index (Phi) is 7.17. The summed E-state index contributed by atoms with van der Waals surface area (Å²) in [5, 5.41) is 3.20. The van der Waals surface area contributed by atoms with Crippen LogP contribution in [0.5, 0.6) is 11.5 Å². The van der Waals surface area contributed by atoms with Gasteiger partial charge in [0.05, 0.1) is 20.8 Å². The van der Waals surface area contributed by atoms with E-state index in [0.717, 1.165) is 42.1 Å². The predicted molar refractivity (Wildman–Crippen MR) is 119 cm³/mol. The molecule has 160 valence electrons. The van der Waals surface area contributed by atoms with Gasteiger partial charge >= 0.3 is 0 Å². The van der Waals surface area contributed by atoms with Crippen LogP contribution in [0.15, 0.2) is 47.5 Å². The highest BCUT2D eigenvalue weighted by molar-refractivity contribution is 5.98. The summed E-state index contributed by atoms with van der Waals surface area (Å²) in [5.41, 5.74) is 3.24. The smallest absolute Gasteiger partial charge is 0.246 e. The summed E-state index contributed by atoms with van der Waals surface area (Å²) in [7, 11) is 6.91. The zero-order chi connectivity index (χ0) is 21.5. The Morgan fingerprint density at radius 1 is 1.20 bits per heavy atom. The number of carbonyl (C=O) groups excluding carboxylic acids is 1. The van der Waals surface area contributed by atoms with E-state index >= 15 is 0 Å². The number of benzene rings is 2. The summed E-state index contributed by atoms with van der Waals surface area (Å²) in [6.45, 7) is 1.51. The molecule has 0 unspecified atom stereocenters. The molecule has 1 heterocycles. The normalized spacial score (nSPS) is 13.5. The van der Waals surface area contributed by atoms with Crippen LogP contribution in [0, 0.1) is 0 Å². The maximum Gasteiger partial charge on any atom is 0.246 e. The average molecular weight is 411 g/mol. The van der Waals surface area contributed by atoms with E-state index in [2.05, 4.69) is 16.4 Å². The Morgan fingerprint density at radius 3 is 2.73 bits per heavy atom. The molecule has 7 nitrogen and oxygen atoms in total. The molecular formula is C23H30N4O3. The topological polar surface area (TPSA) is 66.4 Å². The van der Waals surface area contributed by atoms with E-state index in [9.17, 15) is 4.79 Å². The number of rotatable bonds is 6. The Balaban J connectivity index is 1.63. The fourth-order valence-electron chi connectivity index (χ4n) is 3.74. The number of hydrogen-bond donors (Lipinski definition) is 1. The second-order valence-electron chi connectivity index (χ2n) is 7.21. The highest BCUT2D eigenvalue weighted by atomic mass is 16.5. The number of ether oxygens (including phenoxy) is 2. The summed E-state index contributed by atoms with van der Waals surface area (Å²) in [4.78, 5) is 21.0. The van der Waals surface area contributed by atoms with Crippen molar-refractivity contribution in [1.82, 2.24) is 10.2 Å². The number of para-hydroxylation sites is 1. The molecule has 1 amide bonds. The van der Waals surface area contributed by atoms with Crippen LogP contribution in [0.25, 0.3) is 0 Å². The molecule has 0 saturated carbocycles. The van der Waals surface area contributed by atoms with E-state index in [0.29, 0.717) is 12.5 Å². The van der Waals surface area contributed by atoms with Crippen molar-refractivity contribution in [2.24, 2.45) is 4.99 Å². The quantitative estimate of drug-likeness (QED) is 0.586. The first-order chi connectivity index (χ1) is 14.6. The number of amides is 1. The third-order valence-electron chi connectivity index (χ3n) is 5.28. The van der Waals surface area contributed by atoms with Crippen LogP contribution in [0.3, 0.4) is 0 Å². The average Bonchev–Trinajstić information content (AvgIpc) is 2.79. The van der Waals surface area contributed by atoms with Gasteiger partial charge < -0.3 is 24.6 Å². The van der Waals surface area contributed by atoms with Gasteiger partial charge in [0, 0.05) is 44.5 Å². The molecule has 3 rings (SSSR count). The van der Waals surface area contributed by atoms with Gasteiger partial charge in [-0.3, -0.25) is 9.79 Å². The summed E-state index contributed by atoms with van der Waals surface area (Å²) >= 11 is 0. The molecule has 0 atom stereocenters. The monoisotopic (exact) mass is 410 g/mol. The number of nitrogens with zero attached hydrogens (tertiary/aromatic N) is 3. The minimum absolute atomic E-state index is 0.0405. The van der Waals surface area contributed by atoms with Gasteiger partial charge in [-0.1, -0.05) is 18.2 Å². The first-order valence-electron chi connectivity index (χ1n) is 10.1. The first kappa shape index (κ1) is 21.5. The van der Waals surface area contributed by atoms with Crippen molar-refractivity contribution < 1.29 is 14.3 Å². The number of hydrogen-bond acceptors (Lipinski definition) is 4. The molecule has 0 radical (unpaired) electrons. The summed E-state index contributed by atoms with van der Waals surface area (Å²) in [5.74, 6) is 2.18. The van der Waals surface area contributed by atoms with Crippen molar-refractivity contribution in [1.29, 1.82) is 0 Å². The molecule has 0 bridgehead atoms. The maximum atomic E-state index is 12.9. The fourth-order valence-corrected chi connectivity index (χ4v) is 3.74. The lowest BCUT2D eigenvalue weighted by molar-refractivity contribution is -0.117. The van der Waals surface area contributed by atoms with Crippen LogP contribution >= 0.6 is 0 Å². The molecular weight excluding hydrogens is 380 g/mol. The minimum atomic E-state index is 0.0405. The van der Waals surface area contributed by atoms with Gasteiger partial charge in [0.15, 0.2) is 5.96 Å². The van der Waals surface area contributed by atoms with Crippen molar-refractivity contribution in [3.63, 3.8) is 0 Å². The molecule has 1 aliphatic heterocycles. The van der Waals surface area contributed by atoms with Crippen LogP contribution in [0.1, 0.15) is 17.5 Å². The summed E-state index contributed by atoms with van der Waals surface area (Å²) in [6, 6.07) is 13.8. The first-order valence-corrected chi connectivity index (χ1v) is 10.1. The van der Waals surface area contributed by atoms with Crippen LogP contribution in [0.2, 0.25) is 0 Å². The number of aryl methyl sites for hydroxylation is 1. The lowest BCUT2D eigenvalue weighted by Crippen LogP contribution is -2.46. The molecule has 0 saturated heterocycles. The molecule has 0 aromatic heterocycles. The third kappa shape index (κ3) is 4.84. The van der Waals surface area contributed by atoms with Gasteiger partial charge in [0.25, 0.3) is 0 Å². The largest absolute Gasteiger partial charge is 0.497 e. The lowest BCUT2D eigenvalue weighted by Gasteiger charge is -2.30. The van der Waals surface area contributed by atoms with Gasteiger partial charge in [-0.2, -0.15) is 0 Å². The zero-order valence-electron chi connectivity index (χ0n) is 18.1. The van der Waals surface area contributed by atoms with Crippen LogP contribution in [-0.2, 0) is 17.8 Å². The highest BCUT2D eigenvalue weighted by Gasteiger charge is 2.22. The van der Waals surface area contributed by atoms with Crippen LogP contribution < -0.4 is 19.7 Å². The Bertz CT molecular complexity index is 913. The molecule has 2 aromatic carbocycles. The van der Waals surface area contributed by atoms with Crippen LogP contribution in [0.4, 0.5) is 5.69 Å². The van der Waals surface area contributed by atoms with Gasteiger partial charge in [0.1, 0.15) is 11.5 Å². The predicted octanol–water partition coefficient (Wildman–Crippen LogP) is 2.69. The maximum absolute atomic E-state index is 12.9. The zero-order valence-corrected chi connectivity index (χ0v) is 18.1. The molecule has 1 aliphatic rings. The minimum Gasteiger partial charge on any atom is -0.497 e. The van der Waals surface area contributed by atoms with Gasteiger partial charge in [-0.05, 0) is 36.6 Å². The molecule has 2 aromatic rings. The number of nitrogens with one attached hydrogen (secondary N) is 1. The number of methoxy groups -OCH3 is 2. The van der Waals surface area contributed by atoms with Crippen LogP contribution in [-0.4, -0.2) is 58.2 Å². The van der Waals surface area contributed by atoms with Gasteiger partial charge in [-0.15, -0.1) is 0 Å². The van der Waals surface area contributed by atoms with Crippen molar-refractivity contribution in [3.05, 3.63) is 53.6 Å². The number of carbonyl (C=O) groups is 1. The second kappa shape index (κ2) is 10.0. The second-order valence-corrected chi connectivity index (χ2v) is 7.21. The number of guanidine groups is 1. The van der Waals surface area contributed by atoms with E-state index in [1.807, 2.05) is 53.2 Å². The van der Waals surface area contributed by atoms with E-state index in [-0.39, 0.29) is 12.5 Å². The molecule has 7 heteroatoms. The highest BCUT2D eigenvalue weighted by Crippen LogP contribution is 2.27. The van der Waals surface area contributed by atoms with E-state index in [1.54, 1.807) is 21.3 Å². The standard InChI is InChI=1S/C23H30N4O3/c1-24-23(26(2)16-18-11-12-19(29-3)14-21(18)30-4)25-15-22(28)27-13-7-9-17-8-5-6-10-20(17)27/h5-6,8,10-12,14H,7,9,13,15-16H2,1-4H3,(H,24,25). The van der Waals surface area contributed by atoms with Gasteiger partial charge in [-0.25, -0.2) is 0 Å². The van der Waals surface area contributed by atoms with E-state index in [1.165, 1.54) is 5.56 Å². The third-order valence-corrected chi connectivity index (χ3v) is 5.28. The molecule has 1 N–H and O–H groups in total. The van der Waals surface area contributed by atoms with E-state index < -0.39 is 0 Å². The Labute approximate surface area is 178 Å². The van der Waals surface area contributed by atoms with Crippen molar-refractivity contribution >= 4 is 17.6 Å². The van der Waals surface area contributed by atoms with E-state index in [4.69, 9.17) is 9.47 Å². The summed E-state index contributed by atoms with van der Waals surface area (Å²) in [6.07, 6.45) is 2.00. The number of fused-ring (bicyclic) bond motifs is 1. The Morgan fingerprint density at radius 2 is 2.00 bits per heavy atom. The van der Waals surface area contributed by atoms with Gasteiger partial charge in [0.2, 0.25) is 5.91 Å². The fraction of sp³-hybridized carbons (Fsp3) is 0.391. The van der Waals surface area contributed by atoms with Crippen molar-refractivity contribution in [3.8, 4) is 11.5 Å². The lowest BCUT2D eigenvalue weighted by atomic mass is 10.0. The Hall–Kier alpha value is -3.22. The molecule has 0 fully saturated rings. The molecule has 0 aliphatic carbocycles. The van der Waals surface area contributed by atoms with Crippen molar-refractivity contribution in [2.75, 3.05) is 46.3 Å². The summed E-state index contributed by atoms with van der Waals surface area (Å²) < 4.78 is 10.7.